The zero-order valence-corrected chi connectivity index (χ0v) is 10.5. The lowest BCUT2D eigenvalue weighted by molar-refractivity contribution is 0.530. The van der Waals surface area contributed by atoms with E-state index < -0.39 is 37.7 Å². The van der Waals surface area contributed by atoms with Gasteiger partial charge in [0.1, 0.15) is 16.5 Å². The van der Waals surface area contributed by atoms with Crippen LogP contribution in [0.4, 0.5) is 8.78 Å². The van der Waals surface area contributed by atoms with Crippen molar-refractivity contribution < 1.29 is 17.2 Å². The Bertz CT molecular complexity index is 502. The van der Waals surface area contributed by atoms with E-state index in [4.69, 9.17) is 5.73 Å². The Hall–Kier alpha value is -1.01. The Morgan fingerprint density at radius 1 is 1.35 bits per heavy atom. The molecule has 2 unspecified atom stereocenters. The third-order valence-corrected chi connectivity index (χ3v) is 5.04. The monoisotopic (exact) mass is 263 g/mol. The second-order valence-electron chi connectivity index (χ2n) is 3.90. The van der Waals surface area contributed by atoms with E-state index in [1.165, 1.54) is 6.92 Å². The van der Waals surface area contributed by atoms with Crippen LogP contribution in [0.3, 0.4) is 0 Å². The summed E-state index contributed by atoms with van der Waals surface area (Å²) in [5.74, 6) is -1.89. The van der Waals surface area contributed by atoms with Gasteiger partial charge in [-0.3, -0.25) is 0 Å². The van der Waals surface area contributed by atoms with Crippen LogP contribution in [0, 0.1) is 11.6 Å². The quantitative estimate of drug-likeness (QED) is 0.843. The molecule has 17 heavy (non-hydrogen) atoms. The van der Waals surface area contributed by atoms with Gasteiger partial charge < -0.3 is 5.73 Å². The van der Waals surface area contributed by atoms with Gasteiger partial charge in [0.25, 0.3) is 0 Å². The summed E-state index contributed by atoms with van der Waals surface area (Å²) < 4.78 is 50.2. The van der Waals surface area contributed by atoms with Gasteiger partial charge in [0.2, 0.25) is 0 Å². The number of hydrogen-bond acceptors (Lipinski definition) is 3. The average Bonchev–Trinajstić information content (AvgIpc) is 2.26. The van der Waals surface area contributed by atoms with E-state index in [1.807, 2.05) is 0 Å². The van der Waals surface area contributed by atoms with Crippen molar-refractivity contribution in [2.75, 3.05) is 0 Å². The van der Waals surface area contributed by atoms with Crippen LogP contribution in [0.25, 0.3) is 0 Å². The van der Waals surface area contributed by atoms with Crippen molar-refractivity contribution in [1.82, 2.24) is 0 Å². The smallest absolute Gasteiger partial charge is 0.185 e. The van der Waals surface area contributed by atoms with E-state index in [-0.39, 0.29) is 0 Å². The highest BCUT2D eigenvalue weighted by Gasteiger charge is 2.30. The lowest BCUT2D eigenvalue weighted by atomic mass is 10.2. The number of hydrogen-bond donors (Lipinski definition) is 1. The molecule has 0 heterocycles. The summed E-state index contributed by atoms with van der Waals surface area (Å²) in [7, 11) is -3.86. The van der Waals surface area contributed by atoms with Crippen molar-refractivity contribution in [3.63, 3.8) is 0 Å². The number of halogens is 2. The predicted octanol–water partition coefficient (Wildman–Crippen LogP) is 1.86. The second-order valence-corrected chi connectivity index (χ2v) is 6.17. The van der Waals surface area contributed by atoms with E-state index in [0.717, 1.165) is 12.1 Å². The third-order valence-electron chi connectivity index (χ3n) is 2.76. The Kier molecular flexibility index (Phi) is 4.21. The molecule has 0 aliphatic carbocycles. The van der Waals surface area contributed by atoms with Gasteiger partial charge in [0.05, 0.1) is 5.25 Å². The zero-order valence-electron chi connectivity index (χ0n) is 9.65. The zero-order chi connectivity index (χ0) is 13.2. The molecule has 2 atom stereocenters. The van der Waals surface area contributed by atoms with Gasteiger partial charge in [-0.25, -0.2) is 17.2 Å². The molecule has 0 bridgehead atoms. The van der Waals surface area contributed by atoms with Crippen LogP contribution in [0.2, 0.25) is 0 Å². The van der Waals surface area contributed by atoms with Gasteiger partial charge in [0.15, 0.2) is 9.84 Å². The van der Waals surface area contributed by atoms with Gasteiger partial charge in [-0.2, -0.15) is 0 Å². The van der Waals surface area contributed by atoms with E-state index >= 15 is 0 Å². The standard InChI is InChI=1S/C11H15F2NO2S/c1-3-10(14)7(2)17(15,16)11-5-4-8(12)6-9(11)13/h4-7,10H,3,14H2,1-2H3. The summed E-state index contributed by atoms with van der Waals surface area (Å²) in [6.07, 6.45) is 0.462. The predicted molar refractivity (Wildman–Crippen MR) is 61.3 cm³/mol. The second kappa shape index (κ2) is 5.10. The van der Waals surface area contributed by atoms with Crippen LogP contribution in [0.15, 0.2) is 23.1 Å². The first-order valence-electron chi connectivity index (χ1n) is 5.25. The molecule has 3 nitrogen and oxygen atoms in total. The molecule has 0 aliphatic heterocycles. The lowest BCUT2D eigenvalue weighted by Crippen LogP contribution is -2.38. The molecule has 0 aromatic heterocycles. The number of rotatable bonds is 4. The van der Waals surface area contributed by atoms with Crippen molar-refractivity contribution in [2.45, 2.75) is 36.5 Å². The molecule has 0 saturated heterocycles. The van der Waals surface area contributed by atoms with Crippen molar-refractivity contribution >= 4 is 9.84 Å². The Balaban J connectivity index is 3.22. The highest BCUT2D eigenvalue weighted by atomic mass is 32.2. The molecule has 0 amide bonds. The molecular formula is C11H15F2NO2S. The first-order chi connectivity index (χ1) is 7.80. The summed E-state index contributed by atoms with van der Waals surface area (Å²) in [6, 6.07) is 1.82. The minimum atomic E-state index is -3.86. The molecular weight excluding hydrogens is 248 g/mol. The summed E-state index contributed by atoms with van der Waals surface area (Å²) in [6.45, 7) is 3.17. The van der Waals surface area contributed by atoms with Gasteiger partial charge >= 0.3 is 0 Å². The minimum absolute atomic E-state index is 0.462. The topological polar surface area (TPSA) is 60.2 Å². The lowest BCUT2D eigenvalue weighted by Gasteiger charge is -2.19. The van der Waals surface area contributed by atoms with E-state index in [1.54, 1.807) is 6.92 Å². The van der Waals surface area contributed by atoms with Gasteiger partial charge in [-0.1, -0.05) is 6.92 Å². The molecule has 0 spiro atoms. The molecule has 2 N–H and O–H groups in total. The van der Waals surface area contributed by atoms with E-state index in [0.29, 0.717) is 12.5 Å². The fraction of sp³-hybridized carbons (Fsp3) is 0.455. The molecule has 0 fully saturated rings. The van der Waals surface area contributed by atoms with Crippen molar-refractivity contribution in [2.24, 2.45) is 5.73 Å². The van der Waals surface area contributed by atoms with Crippen molar-refractivity contribution in [3.05, 3.63) is 29.8 Å². The molecule has 1 rings (SSSR count). The maximum Gasteiger partial charge on any atom is 0.185 e. The van der Waals surface area contributed by atoms with E-state index in [2.05, 4.69) is 0 Å². The van der Waals surface area contributed by atoms with Crippen LogP contribution in [-0.2, 0) is 9.84 Å². The van der Waals surface area contributed by atoms with Gasteiger partial charge in [-0.15, -0.1) is 0 Å². The van der Waals surface area contributed by atoms with Gasteiger partial charge in [-0.05, 0) is 25.5 Å². The van der Waals surface area contributed by atoms with Gasteiger partial charge in [0, 0.05) is 12.1 Å². The highest BCUT2D eigenvalue weighted by Crippen LogP contribution is 2.22. The van der Waals surface area contributed by atoms with Crippen LogP contribution in [0.5, 0.6) is 0 Å². The van der Waals surface area contributed by atoms with Crippen LogP contribution >= 0.6 is 0 Å². The van der Waals surface area contributed by atoms with E-state index in [9.17, 15) is 17.2 Å². The molecule has 1 aromatic carbocycles. The van der Waals surface area contributed by atoms with Crippen LogP contribution in [0.1, 0.15) is 20.3 Å². The Morgan fingerprint density at radius 3 is 2.41 bits per heavy atom. The first kappa shape index (κ1) is 14.1. The number of nitrogens with two attached hydrogens (primary N) is 1. The molecule has 6 heteroatoms. The SMILES string of the molecule is CCC(N)C(C)S(=O)(=O)c1ccc(F)cc1F. The number of sulfone groups is 1. The van der Waals surface area contributed by atoms with Crippen LogP contribution in [-0.4, -0.2) is 19.7 Å². The molecule has 1 aromatic rings. The molecule has 0 radical (unpaired) electrons. The molecule has 0 saturated carbocycles. The summed E-state index contributed by atoms with van der Waals surface area (Å²) in [4.78, 5) is -0.504. The molecule has 0 aliphatic rings. The number of benzene rings is 1. The average molecular weight is 263 g/mol. The summed E-state index contributed by atoms with van der Waals surface area (Å²) >= 11 is 0. The third kappa shape index (κ3) is 2.81. The first-order valence-corrected chi connectivity index (χ1v) is 6.79. The fourth-order valence-electron chi connectivity index (χ4n) is 1.47. The highest BCUT2D eigenvalue weighted by molar-refractivity contribution is 7.92. The van der Waals surface area contributed by atoms with Crippen molar-refractivity contribution in [3.8, 4) is 0 Å². The fourth-order valence-corrected chi connectivity index (χ4v) is 3.11. The minimum Gasteiger partial charge on any atom is -0.327 e. The summed E-state index contributed by atoms with van der Waals surface area (Å²) in [5, 5.41) is -0.910. The Morgan fingerprint density at radius 2 is 1.94 bits per heavy atom. The molecule has 96 valence electrons. The maximum absolute atomic E-state index is 13.4. The van der Waals surface area contributed by atoms with Crippen LogP contribution < -0.4 is 5.73 Å². The maximum atomic E-state index is 13.4. The van der Waals surface area contributed by atoms with Crippen molar-refractivity contribution in [1.29, 1.82) is 0 Å². The Labute approximate surface area is 99.6 Å². The summed E-state index contributed by atoms with van der Waals surface area (Å²) in [5.41, 5.74) is 5.64. The largest absolute Gasteiger partial charge is 0.327 e. The normalized spacial score (nSPS) is 15.6.